The normalized spacial score (nSPS) is 10.7. The summed E-state index contributed by atoms with van der Waals surface area (Å²) in [5.74, 6) is 0. The van der Waals surface area contributed by atoms with Gasteiger partial charge >= 0.3 is 0 Å². The Hall–Kier alpha value is -0.710. The highest BCUT2D eigenvalue weighted by Crippen LogP contribution is 2.29. The van der Waals surface area contributed by atoms with Gasteiger partial charge in [0.05, 0.1) is 10.6 Å². The molecule has 0 amide bonds. The van der Waals surface area contributed by atoms with Crippen LogP contribution in [-0.4, -0.2) is 12.0 Å². The van der Waals surface area contributed by atoms with E-state index in [-0.39, 0.29) is 0 Å². The summed E-state index contributed by atoms with van der Waals surface area (Å²) in [7, 11) is 1.94. The van der Waals surface area contributed by atoms with Crippen LogP contribution in [0.25, 0.3) is 10.6 Å². The number of aryl methyl sites for hydroxylation is 1. The largest absolute Gasteiger partial charge is 0.314 e. The zero-order chi connectivity index (χ0) is 9.97. The number of rotatable bonds is 3. The fourth-order valence-electron chi connectivity index (χ4n) is 1.28. The predicted octanol–water partition coefficient (Wildman–Crippen LogP) is 2.90. The number of nitrogens with zero attached hydrogens (tertiary/aromatic N) is 1. The van der Waals surface area contributed by atoms with Crippen LogP contribution in [0.4, 0.5) is 0 Å². The average molecular weight is 224 g/mol. The van der Waals surface area contributed by atoms with Gasteiger partial charge in [-0.1, -0.05) is 0 Å². The molecular formula is C10H12N2S2. The van der Waals surface area contributed by atoms with E-state index >= 15 is 0 Å². The van der Waals surface area contributed by atoms with Crippen molar-refractivity contribution >= 4 is 22.7 Å². The molecule has 1 N–H and O–H groups in total. The Morgan fingerprint density at radius 1 is 1.43 bits per heavy atom. The maximum Gasteiger partial charge on any atom is 0.107 e. The SMILES string of the molecule is CNCc1nc(-c2sccc2C)cs1. The second-order valence-corrected chi connectivity index (χ2v) is 4.95. The minimum Gasteiger partial charge on any atom is -0.314 e. The first-order valence-corrected chi connectivity index (χ1v) is 6.20. The predicted molar refractivity (Wildman–Crippen MR) is 62.9 cm³/mol. The van der Waals surface area contributed by atoms with Crippen LogP contribution in [0, 0.1) is 6.92 Å². The Bertz CT molecular complexity index is 417. The summed E-state index contributed by atoms with van der Waals surface area (Å²) >= 11 is 3.47. The van der Waals surface area contributed by atoms with Gasteiger partial charge in [0.15, 0.2) is 0 Å². The second-order valence-electron chi connectivity index (χ2n) is 3.09. The fourth-order valence-corrected chi connectivity index (χ4v) is 3.04. The molecule has 74 valence electrons. The molecule has 0 aliphatic rings. The lowest BCUT2D eigenvalue weighted by Crippen LogP contribution is -2.04. The number of thiazole rings is 1. The van der Waals surface area contributed by atoms with E-state index in [9.17, 15) is 0 Å². The highest BCUT2D eigenvalue weighted by Gasteiger charge is 2.07. The van der Waals surface area contributed by atoms with E-state index in [1.165, 1.54) is 10.4 Å². The van der Waals surface area contributed by atoms with Crippen LogP contribution < -0.4 is 5.32 Å². The molecule has 2 heterocycles. The molecule has 2 aromatic heterocycles. The van der Waals surface area contributed by atoms with Gasteiger partial charge in [-0.2, -0.15) is 0 Å². The highest BCUT2D eigenvalue weighted by atomic mass is 32.1. The number of hydrogen-bond acceptors (Lipinski definition) is 4. The number of nitrogens with one attached hydrogen (secondary N) is 1. The van der Waals surface area contributed by atoms with Gasteiger partial charge in [-0.25, -0.2) is 4.98 Å². The first kappa shape index (κ1) is 9.83. The topological polar surface area (TPSA) is 24.9 Å². The minimum absolute atomic E-state index is 0.856. The molecule has 0 aliphatic carbocycles. The van der Waals surface area contributed by atoms with Crippen molar-refractivity contribution in [1.82, 2.24) is 10.3 Å². The summed E-state index contributed by atoms with van der Waals surface area (Å²) < 4.78 is 0. The number of hydrogen-bond donors (Lipinski definition) is 1. The van der Waals surface area contributed by atoms with Gasteiger partial charge in [-0.15, -0.1) is 22.7 Å². The Labute approximate surface area is 91.6 Å². The van der Waals surface area contributed by atoms with E-state index in [0.717, 1.165) is 17.2 Å². The van der Waals surface area contributed by atoms with Gasteiger partial charge in [0.25, 0.3) is 0 Å². The monoisotopic (exact) mass is 224 g/mol. The van der Waals surface area contributed by atoms with Crippen molar-refractivity contribution in [3.05, 3.63) is 27.4 Å². The van der Waals surface area contributed by atoms with E-state index in [2.05, 4.69) is 34.1 Å². The Kier molecular flexibility index (Phi) is 2.96. The third-order valence-electron chi connectivity index (χ3n) is 1.97. The summed E-state index contributed by atoms with van der Waals surface area (Å²) in [6, 6.07) is 2.14. The van der Waals surface area contributed by atoms with E-state index in [0.29, 0.717) is 0 Å². The van der Waals surface area contributed by atoms with Gasteiger partial charge < -0.3 is 5.32 Å². The molecule has 4 heteroatoms. The maximum atomic E-state index is 4.57. The molecule has 0 spiro atoms. The lowest BCUT2D eigenvalue weighted by molar-refractivity contribution is 0.811. The average Bonchev–Trinajstić information content (AvgIpc) is 2.74. The van der Waals surface area contributed by atoms with Crippen LogP contribution in [0.3, 0.4) is 0 Å². The van der Waals surface area contributed by atoms with Crippen LogP contribution in [0.1, 0.15) is 10.6 Å². The molecule has 0 saturated heterocycles. The van der Waals surface area contributed by atoms with Gasteiger partial charge in [-0.3, -0.25) is 0 Å². The third kappa shape index (κ3) is 1.87. The maximum absolute atomic E-state index is 4.57. The van der Waals surface area contributed by atoms with Gasteiger partial charge in [-0.05, 0) is 31.0 Å². The van der Waals surface area contributed by atoms with Crippen molar-refractivity contribution < 1.29 is 0 Å². The van der Waals surface area contributed by atoms with Crippen molar-refractivity contribution in [3.63, 3.8) is 0 Å². The summed E-state index contributed by atoms with van der Waals surface area (Å²) in [5, 5.41) is 8.50. The standard InChI is InChI=1S/C10H12N2S2/c1-7-3-4-13-10(7)8-6-14-9(12-8)5-11-2/h3-4,6,11H,5H2,1-2H3. The summed E-state index contributed by atoms with van der Waals surface area (Å²) in [5.41, 5.74) is 2.43. The van der Waals surface area contributed by atoms with Crippen LogP contribution in [0.15, 0.2) is 16.8 Å². The summed E-state index contributed by atoms with van der Waals surface area (Å²) in [6.07, 6.45) is 0. The van der Waals surface area contributed by atoms with Crippen molar-refractivity contribution in [3.8, 4) is 10.6 Å². The molecule has 2 rings (SSSR count). The molecule has 2 nitrogen and oxygen atoms in total. The third-order valence-corrected chi connectivity index (χ3v) is 3.86. The first-order valence-electron chi connectivity index (χ1n) is 4.44. The second kappa shape index (κ2) is 4.21. The van der Waals surface area contributed by atoms with Crippen LogP contribution in [0.2, 0.25) is 0 Å². The molecular weight excluding hydrogens is 212 g/mol. The number of aromatic nitrogens is 1. The molecule has 0 aliphatic heterocycles. The molecule has 14 heavy (non-hydrogen) atoms. The molecule has 0 bridgehead atoms. The van der Waals surface area contributed by atoms with E-state index in [1.807, 2.05) is 7.05 Å². The molecule has 0 saturated carbocycles. The molecule has 2 aromatic rings. The molecule has 0 unspecified atom stereocenters. The summed E-state index contributed by atoms with van der Waals surface area (Å²) in [4.78, 5) is 5.86. The zero-order valence-electron chi connectivity index (χ0n) is 8.20. The Morgan fingerprint density at radius 2 is 2.29 bits per heavy atom. The minimum atomic E-state index is 0.856. The van der Waals surface area contributed by atoms with Gasteiger partial charge in [0.1, 0.15) is 5.01 Å². The molecule has 0 fully saturated rings. The molecule has 0 aromatic carbocycles. The molecule has 0 radical (unpaired) electrons. The Balaban J connectivity index is 2.29. The number of thiophene rings is 1. The van der Waals surface area contributed by atoms with E-state index in [1.54, 1.807) is 22.7 Å². The summed E-state index contributed by atoms with van der Waals surface area (Å²) in [6.45, 7) is 2.98. The highest BCUT2D eigenvalue weighted by molar-refractivity contribution is 7.14. The van der Waals surface area contributed by atoms with E-state index < -0.39 is 0 Å². The van der Waals surface area contributed by atoms with Crippen molar-refractivity contribution in [2.75, 3.05) is 7.05 Å². The van der Waals surface area contributed by atoms with Crippen molar-refractivity contribution in [2.45, 2.75) is 13.5 Å². The van der Waals surface area contributed by atoms with Crippen molar-refractivity contribution in [2.24, 2.45) is 0 Å². The quantitative estimate of drug-likeness (QED) is 0.867. The van der Waals surface area contributed by atoms with Crippen LogP contribution in [0.5, 0.6) is 0 Å². The zero-order valence-corrected chi connectivity index (χ0v) is 9.84. The van der Waals surface area contributed by atoms with Gasteiger partial charge in [0, 0.05) is 11.9 Å². The Morgan fingerprint density at radius 3 is 2.93 bits per heavy atom. The van der Waals surface area contributed by atoms with Crippen molar-refractivity contribution in [1.29, 1.82) is 0 Å². The van der Waals surface area contributed by atoms with Crippen LogP contribution in [-0.2, 0) is 6.54 Å². The first-order chi connectivity index (χ1) is 6.81. The molecule has 0 atom stereocenters. The van der Waals surface area contributed by atoms with Gasteiger partial charge in [0.2, 0.25) is 0 Å². The fraction of sp³-hybridized carbons (Fsp3) is 0.300. The lowest BCUT2D eigenvalue weighted by atomic mass is 10.2. The van der Waals surface area contributed by atoms with E-state index in [4.69, 9.17) is 0 Å². The smallest absolute Gasteiger partial charge is 0.107 e. The van der Waals surface area contributed by atoms with Crippen LogP contribution >= 0.6 is 22.7 Å². The lowest BCUT2D eigenvalue weighted by Gasteiger charge is -1.93.